The number of ether oxygens (including phenoxy) is 1. The molecule has 1 fully saturated rings. The Morgan fingerprint density at radius 3 is 2.94 bits per heavy atom. The molecule has 3 nitrogen and oxygen atoms in total. The molecule has 4 heteroatoms. The van der Waals surface area contributed by atoms with Crippen LogP contribution in [0.2, 0.25) is 0 Å². The van der Waals surface area contributed by atoms with Crippen molar-refractivity contribution in [1.29, 1.82) is 0 Å². The minimum absolute atomic E-state index is 0.0430. The zero-order valence-corrected chi connectivity index (χ0v) is 12.3. The van der Waals surface area contributed by atoms with Crippen molar-refractivity contribution in [3.8, 4) is 0 Å². The van der Waals surface area contributed by atoms with E-state index in [4.69, 9.17) is 4.74 Å². The standard InChI is InChI=1S/C14H18BrNO2/c1-10-4-5-12(15)11(8-10)13(17)16-14(2)6-3-7-18-9-14/h4-5,8H,3,6-7,9H2,1-2H3,(H,16,17). The minimum Gasteiger partial charge on any atom is -0.379 e. The Kier molecular flexibility index (Phi) is 4.07. The number of hydrogen-bond acceptors (Lipinski definition) is 2. The Bertz CT molecular complexity index is 453. The van der Waals surface area contributed by atoms with Crippen LogP contribution < -0.4 is 5.32 Å². The number of benzene rings is 1. The second-order valence-corrected chi connectivity index (χ2v) is 6.01. The van der Waals surface area contributed by atoms with E-state index in [9.17, 15) is 4.79 Å². The van der Waals surface area contributed by atoms with E-state index in [2.05, 4.69) is 21.2 Å². The number of rotatable bonds is 2. The van der Waals surface area contributed by atoms with E-state index in [1.165, 1.54) is 0 Å². The zero-order chi connectivity index (χ0) is 13.2. The van der Waals surface area contributed by atoms with Gasteiger partial charge in [-0.1, -0.05) is 11.6 Å². The highest BCUT2D eigenvalue weighted by Gasteiger charge is 2.30. The second kappa shape index (κ2) is 5.41. The first-order valence-electron chi connectivity index (χ1n) is 6.17. The lowest BCUT2D eigenvalue weighted by atomic mass is 9.94. The van der Waals surface area contributed by atoms with E-state index in [-0.39, 0.29) is 11.4 Å². The summed E-state index contributed by atoms with van der Waals surface area (Å²) in [6.45, 7) is 5.39. The Morgan fingerprint density at radius 2 is 2.28 bits per heavy atom. The Balaban J connectivity index is 2.14. The van der Waals surface area contributed by atoms with Gasteiger partial charge in [-0.05, 0) is 54.8 Å². The van der Waals surface area contributed by atoms with E-state index < -0.39 is 0 Å². The Labute approximate surface area is 116 Å². The van der Waals surface area contributed by atoms with E-state index in [0.29, 0.717) is 12.2 Å². The van der Waals surface area contributed by atoms with Crippen LogP contribution in [0.15, 0.2) is 22.7 Å². The molecule has 0 saturated carbocycles. The fraction of sp³-hybridized carbons (Fsp3) is 0.500. The molecule has 1 amide bonds. The van der Waals surface area contributed by atoms with E-state index in [1.807, 2.05) is 32.0 Å². The molecule has 1 heterocycles. The Morgan fingerprint density at radius 1 is 1.50 bits per heavy atom. The van der Waals surface area contributed by atoms with Crippen LogP contribution >= 0.6 is 15.9 Å². The van der Waals surface area contributed by atoms with Crippen molar-refractivity contribution in [1.82, 2.24) is 5.32 Å². The molecule has 0 radical (unpaired) electrons. The van der Waals surface area contributed by atoms with Gasteiger partial charge in [-0.3, -0.25) is 4.79 Å². The lowest BCUT2D eigenvalue weighted by molar-refractivity contribution is 0.0272. The minimum atomic E-state index is -0.251. The molecule has 0 bridgehead atoms. The number of amides is 1. The van der Waals surface area contributed by atoms with E-state index in [1.54, 1.807) is 0 Å². The molecule has 1 N–H and O–H groups in total. The van der Waals surface area contributed by atoms with Crippen molar-refractivity contribution < 1.29 is 9.53 Å². The highest BCUT2D eigenvalue weighted by atomic mass is 79.9. The number of carbonyl (C=O) groups excluding carboxylic acids is 1. The first-order chi connectivity index (χ1) is 8.50. The summed E-state index contributed by atoms with van der Waals surface area (Å²) in [6.07, 6.45) is 1.95. The summed E-state index contributed by atoms with van der Waals surface area (Å²) in [5.41, 5.74) is 1.51. The van der Waals surface area contributed by atoms with E-state index >= 15 is 0 Å². The van der Waals surface area contributed by atoms with Gasteiger partial charge in [0.15, 0.2) is 0 Å². The lowest BCUT2D eigenvalue weighted by Gasteiger charge is -2.34. The molecule has 18 heavy (non-hydrogen) atoms. The maximum absolute atomic E-state index is 12.3. The topological polar surface area (TPSA) is 38.3 Å². The van der Waals surface area contributed by atoms with Crippen LogP contribution in [-0.4, -0.2) is 24.7 Å². The second-order valence-electron chi connectivity index (χ2n) is 5.15. The van der Waals surface area contributed by atoms with Gasteiger partial charge in [-0.25, -0.2) is 0 Å². The van der Waals surface area contributed by atoms with Crippen LogP contribution in [0.25, 0.3) is 0 Å². The van der Waals surface area contributed by atoms with Gasteiger partial charge in [-0.15, -0.1) is 0 Å². The molecular formula is C14H18BrNO2. The van der Waals surface area contributed by atoms with Gasteiger partial charge < -0.3 is 10.1 Å². The van der Waals surface area contributed by atoms with Crippen molar-refractivity contribution in [2.45, 2.75) is 32.2 Å². The van der Waals surface area contributed by atoms with Crippen LogP contribution in [-0.2, 0) is 4.74 Å². The van der Waals surface area contributed by atoms with Crippen molar-refractivity contribution in [2.24, 2.45) is 0 Å². The SMILES string of the molecule is Cc1ccc(Br)c(C(=O)NC2(C)CCCOC2)c1. The molecule has 2 rings (SSSR count). The predicted octanol–water partition coefficient (Wildman–Crippen LogP) is 3.06. The molecule has 1 unspecified atom stereocenters. The van der Waals surface area contributed by atoms with Crippen molar-refractivity contribution in [3.05, 3.63) is 33.8 Å². The number of carbonyl (C=O) groups is 1. The maximum atomic E-state index is 12.3. The molecule has 1 atom stereocenters. The average Bonchev–Trinajstić information content (AvgIpc) is 2.32. The highest BCUT2D eigenvalue weighted by Crippen LogP contribution is 2.22. The number of aryl methyl sites for hydroxylation is 1. The monoisotopic (exact) mass is 311 g/mol. The highest BCUT2D eigenvalue weighted by molar-refractivity contribution is 9.10. The first-order valence-corrected chi connectivity index (χ1v) is 6.96. The van der Waals surface area contributed by atoms with Crippen molar-refractivity contribution in [2.75, 3.05) is 13.2 Å². The molecule has 1 aromatic carbocycles. The number of hydrogen-bond donors (Lipinski definition) is 1. The van der Waals surface area contributed by atoms with Gasteiger partial charge in [0.1, 0.15) is 0 Å². The van der Waals surface area contributed by atoms with Crippen molar-refractivity contribution >= 4 is 21.8 Å². The van der Waals surface area contributed by atoms with Crippen LogP contribution in [0.3, 0.4) is 0 Å². The van der Waals surface area contributed by atoms with Crippen LogP contribution in [0, 0.1) is 6.92 Å². The summed E-state index contributed by atoms with van der Waals surface area (Å²) in [5.74, 6) is -0.0430. The lowest BCUT2D eigenvalue weighted by Crippen LogP contribution is -2.51. The largest absolute Gasteiger partial charge is 0.379 e. The molecule has 0 spiro atoms. The third kappa shape index (κ3) is 3.12. The van der Waals surface area contributed by atoms with Crippen LogP contribution in [0.5, 0.6) is 0 Å². The van der Waals surface area contributed by atoms with E-state index in [0.717, 1.165) is 29.5 Å². The fourth-order valence-electron chi connectivity index (χ4n) is 2.19. The summed E-state index contributed by atoms with van der Waals surface area (Å²) in [4.78, 5) is 12.3. The summed E-state index contributed by atoms with van der Waals surface area (Å²) < 4.78 is 6.27. The first kappa shape index (κ1) is 13.6. The third-order valence-electron chi connectivity index (χ3n) is 3.22. The van der Waals surface area contributed by atoms with Crippen LogP contribution in [0.1, 0.15) is 35.7 Å². The molecule has 1 saturated heterocycles. The normalized spacial score (nSPS) is 23.7. The zero-order valence-electron chi connectivity index (χ0n) is 10.8. The average molecular weight is 312 g/mol. The van der Waals surface area contributed by atoms with Gasteiger partial charge >= 0.3 is 0 Å². The Hall–Kier alpha value is -0.870. The molecule has 0 aliphatic carbocycles. The van der Waals surface area contributed by atoms with Gasteiger partial charge in [0.2, 0.25) is 0 Å². The third-order valence-corrected chi connectivity index (χ3v) is 3.91. The summed E-state index contributed by atoms with van der Waals surface area (Å²) >= 11 is 3.42. The quantitative estimate of drug-likeness (QED) is 0.911. The molecule has 1 aromatic rings. The smallest absolute Gasteiger partial charge is 0.252 e. The number of nitrogens with one attached hydrogen (secondary N) is 1. The molecule has 1 aliphatic rings. The van der Waals surface area contributed by atoms with Gasteiger partial charge in [0, 0.05) is 11.1 Å². The summed E-state index contributed by atoms with van der Waals surface area (Å²) in [7, 11) is 0. The van der Waals surface area contributed by atoms with Crippen LogP contribution in [0.4, 0.5) is 0 Å². The molecule has 1 aliphatic heterocycles. The molecule has 0 aromatic heterocycles. The fourth-order valence-corrected chi connectivity index (χ4v) is 2.61. The summed E-state index contributed by atoms with van der Waals surface area (Å²) in [6, 6.07) is 5.78. The van der Waals surface area contributed by atoms with Gasteiger partial charge in [-0.2, -0.15) is 0 Å². The van der Waals surface area contributed by atoms with Gasteiger partial charge in [0.25, 0.3) is 5.91 Å². The molecule has 98 valence electrons. The molecular weight excluding hydrogens is 294 g/mol. The van der Waals surface area contributed by atoms with Crippen molar-refractivity contribution in [3.63, 3.8) is 0 Å². The van der Waals surface area contributed by atoms with Gasteiger partial charge in [0.05, 0.1) is 17.7 Å². The predicted molar refractivity (Wildman–Crippen MR) is 74.8 cm³/mol. The number of halogens is 1. The summed E-state index contributed by atoms with van der Waals surface area (Å²) in [5, 5.41) is 3.09. The maximum Gasteiger partial charge on any atom is 0.252 e.